The summed E-state index contributed by atoms with van der Waals surface area (Å²) in [5, 5.41) is 2.41. The molecule has 0 saturated carbocycles. The summed E-state index contributed by atoms with van der Waals surface area (Å²) < 4.78 is 43.3. The zero-order valence-electron chi connectivity index (χ0n) is 9.14. The van der Waals surface area contributed by atoms with Gasteiger partial charge in [0.15, 0.2) is 0 Å². The van der Waals surface area contributed by atoms with Crippen molar-refractivity contribution >= 4 is 0 Å². The Labute approximate surface area is 92.4 Å². The summed E-state index contributed by atoms with van der Waals surface area (Å²) in [6.45, 7) is 1.87. The molecular formula is C11H14F3NO. The zero-order valence-corrected chi connectivity index (χ0v) is 9.14. The Morgan fingerprint density at radius 1 is 1.31 bits per heavy atom. The lowest BCUT2D eigenvalue weighted by atomic mass is 10.1. The SMILES string of the molecule is CCNC(c1ccccc1OC)C(F)(F)F. The number of ether oxygens (including phenoxy) is 1. The van der Waals surface area contributed by atoms with Gasteiger partial charge in [0.1, 0.15) is 11.8 Å². The first-order chi connectivity index (χ1) is 7.50. The van der Waals surface area contributed by atoms with Gasteiger partial charge in [0.2, 0.25) is 0 Å². The van der Waals surface area contributed by atoms with Crippen molar-refractivity contribution in [1.29, 1.82) is 0 Å². The van der Waals surface area contributed by atoms with E-state index in [1.54, 1.807) is 19.1 Å². The Morgan fingerprint density at radius 3 is 2.44 bits per heavy atom. The van der Waals surface area contributed by atoms with Crippen molar-refractivity contribution in [2.75, 3.05) is 13.7 Å². The minimum atomic E-state index is -4.33. The van der Waals surface area contributed by atoms with Crippen molar-refractivity contribution in [3.05, 3.63) is 29.8 Å². The van der Waals surface area contributed by atoms with Crippen LogP contribution in [0.3, 0.4) is 0 Å². The number of para-hydroxylation sites is 1. The average molecular weight is 233 g/mol. The van der Waals surface area contributed by atoms with Crippen LogP contribution in [0.2, 0.25) is 0 Å². The predicted molar refractivity (Wildman–Crippen MR) is 55.5 cm³/mol. The highest BCUT2D eigenvalue weighted by molar-refractivity contribution is 5.36. The summed E-state index contributed by atoms with van der Waals surface area (Å²) in [5.41, 5.74) is 0.111. The number of hydrogen-bond donors (Lipinski definition) is 1. The van der Waals surface area contributed by atoms with Gasteiger partial charge in [-0.2, -0.15) is 13.2 Å². The third kappa shape index (κ3) is 2.88. The van der Waals surface area contributed by atoms with Gasteiger partial charge in [-0.25, -0.2) is 0 Å². The zero-order chi connectivity index (χ0) is 12.2. The second-order valence-corrected chi connectivity index (χ2v) is 3.27. The second-order valence-electron chi connectivity index (χ2n) is 3.27. The molecule has 1 aromatic rings. The fourth-order valence-corrected chi connectivity index (χ4v) is 1.51. The fraction of sp³-hybridized carbons (Fsp3) is 0.455. The number of hydrogen-bond acceptors (Lipinski definition) is 2. The van der Waals surface area contributed by atoms with Crippen LogP contribution in [0, 0.1) is 0 Å². The van der Waals surface area contributed by atoms with E-state index in [2.05, 4.69) is 5.32 Å². The summed E-state index contributed by atoms with van der Waals surface area (Å²) in [5.74, 6) is 0.241. The number of benzene rings is 1. The van der Waals surface area contributed by atoms with Crippen LogP contribution in [0.25, 0.3) is 0 Å². The van der Waals surface area contributed by atoms with Crippen LogP contribution >= 0.6 is 0 Å². The Morgan fingerprint density at radius 2 is 1.94 bits per heavy atom. The van der Waals surface area contributed by atoms with E-state index in [4.69, 9.17) is 4.74 Å². The lowest BCUT2D eigenvalue weighted by Crippen LogP contribution is -2.34. The molecule has 0 fully saturated rings. The van der Waals surface area contributed by atoms with E-state index in [1.165, 1.54) is 19.2 Å². The summed E-state index contributed by atoms with van der Waals surface area (Å²) in [6, 6.07) is 4.45. The topological polar surface area (TPSA) is 21.3 Å². The molecule has 0 aromatic heterocycles. The van der Waals surface area contributed by atoms with Gasteiger partial charge in [0.25, 0.3) is 0 Å². The molecule has 1 unspecified atom stereocenters. The number of rotatable bonds is 4. The highest BCUT2D eigenvalue weighted by atomic mass is 19.4. The summed E-state index contributed by atoms with van der Waals surface area (Å²) >= 11 is 0. The quantitative estimate of drug-likeness (QED) is 0.863. The van der Waals surface area contributed by atoms with E-state index in [0.717, 1.165) is 0 Å². The third-order valence-electron chi connectivity index (χ3n) is 2.19. The number of nitrogens with one attached hydrogen (secondary N) is 1. The molecule has 0 bridgehead atoms. The lowest BCUT2D eigenvalue weighted by Gasteiger charge is -2.23. The Bertz CT molecular complexity index is 338. The number of methoxy groups -OCH3 is 1. The second kappa shape index (κ2) is 5.21. The first kappa shape index (κ1) is 12.8. The van der Waals surface area contributed by atoms with Gasteiger partial charge in [-0.1, -0.05) is 25.1 Å². The van der Waals surface area contributed by atoms with Crippen LogP contribution in [-0.2, 0) is 0 Å². The van der Waals surface area contributed by atoms with E-state index >= 15 is 0 Å². The molecule has 2 nitrogen and oxygen atoms in total. The van der Waals surface area contributed by atoms with Gasteiger partial charge in [-0.15, -0.1) is 0 Å². The molecule has 1 atom stereocenters. The average Bonchev–Trinajstić information content (AvgIpc) is 2.24. The molecular weight excluding hydrogens is 219 g/mol. The molecule has 90 valence electrons. The van der Waals surface area contributed by atoms with E-state index in [0.29, 0.717) is 0 Å². The van der Waals surface area contributed by atoms with Crippen LogP contribution < -0.4 is 10.1 Å². The monoisotopic (exact) mass is 233 g/mol. The van der Waals surface area contributed by atoms with Crippen molar-refractivity contribution in [1.82, 2.24) is 5.32 Å². The molecule has 0 aliphatic heterocycles. The molecule has 1 rings (SSSR count). The molecule has 0 amide bonds. The highest BCUT2D eigenvalue weighted by Crippen LogP contribution is 2.36. The standard InChI is InChI=1S/C11H14F3NO/c1-3-15-10(11(12,13)14)8-6-4-5-7-9(8)16-2/h4-7,10,15H,3H2,1-2H3. The molecule has 0 aliphatic carbocycles. The van der Waals surface area contributed by atoms with Crippen LogP contribution in [0.5, 0.6) is 5.75 Å². The molecule has 16 heavy (non-hydrogen) atoms. The molecule has 5 heteroatoms. The Kier molecular flexibility index (Phi) is 4.18. The van der Waals surface area contributed by atoms with Gasteiger partial charge < -0.3 is 10.1 Å². The third-order valence-corrected chi connectivity index (χ3v) is 2.19. The van der Waals surface area contributed by atoms with Crippen LogP contribution in [0.1, 0.15) is 18.5 Å². The van der Waals surface area contributed by atoms with E-state index < -0.39 is 12.2 Å². The largest absolute Gasteiger partial charge is 0.496 e. The van der Waals surface area contributed by atoms with Crippen molar-refractivity contribution in [3.8, 4) is 5.75 Å². The van der Waals surface area contributed by atoms with E-state index in [-0.39, 0.29) is 17.9 Å². The van der Waals surface area contributed by atoms with Crippen molar-refractivity contribution in [2.45, 2.75) is 19.1 Å². The maximum atomic E-state index is 12.8. The van der Waals surface area contributed by atoms with Crippen LogP contribution in [0.15, 0.2) is 24.3 Å². The summed E-state index contributed by atoms with van der Waals surface area (Å²) in [6.07, 6.45) is -4.33. The maximum Gasteiger partial charge on any atom is 0.408 e. The lowest BCUT2D eigenvalue weighted by molar-refractivity contribution is -0.157. The normalized spacial score (nSPS) is 13.6. The maximum absolute atomic E-state index is 12.8. The molecule has 0 radical (unpaired) electrons. The van der Waals surface area contributed by atoms with Crippen molar-refractivity contribution < 1.29 is 17.9 Å². The predicted octanol–water partition coefficient (Wildman–Crippen LogP) is 2.91. The summed E-state index contributed by atoms with van der Waals surface area (Å²) in [7, 11) is 1.36. The minimum absolute atomic E-state index is 0.111. The van der Waals surface area contributed by atoms with Gasteiger partial charge in [-0.3, -0.25) is 0 Å². The Hall–Kier alpha value is -1.23. The van der Waals surface area contributed by atoms with E-state index in [1.807, 2.05) is 0 Å². The Balaban J connectivity index is 3.10. The molecule has 1 aromatic carbocycles. The highest BCUT2D eigenvalue weighted by Gasteiger charge is 2.41. The van der Waals surface area contributed by atoms with Crippen molar-refractivity contribution in [2.24, 2.45) is 0 Å². The molecule has 0 aliphatic rings. The molecule has 0 heterocycles. The van der Waals surface area contributed by atoms with Gasteiger partial charge >= 0.3 is 6.18 Å². The molecule has 0 spiro atoms. The molecule has 1 N–H and O–H groups in total. The van der Waals surface area contributed by atoms with Crippen molar-refractivity contribution in [3.63, 3.8) is 0 Å². The van der Waals surface area contributed by atoms with Gasteiger partial charge in [-0.05, 0) is 12.6 Å². The molecule has 0 saturated heterocycles. The van der Waals surface area contributed by atoms with Crippen LogP contribution in [0.4, 0.5) is 13.2 Å². The first-order valence-electron chi connectivity index (χ1n) is 4.93. The summed E-state index contributed by atoms with van der Waals surface area (Å²) in [4.78, 5) is 0. The van der Waals surface area contributed by atoms with Gasteiger partial charge in [0, 0.05) is 5.56 Å². The minimum Gasteiger partial charge on any atom is -0.496 e. The van der Waals surface area contributed by atoms with Gasteiger partial charge in [0.05, 0.1) is 7.11 Å². The first-order valence-corrected chi connectivity index (χ1v) is 4.93. The smallest absolute Gasteiger partial charge is 0.408 e. The fourth-order valence-electron chi connectivity index (χ4n) is 1.51. The van der Waals surface area contributed by atoms with Crippen LogP contribution in [-0.4, -0.2) is 19.8 Å². The number of halogens is 3. The number of alkyl halides is 3. The van der Waals surface area contributed by atoms with E-state index in [9.17, 15) is 13.2 Å².